The summed E-state index contributed by atoms with van der Waals surface area (Å²) in [7, 11) is 0. The Hall–Kier alpha value is -2.47. The number of aromatic nitrogens is 2. The van der Waals surface area contributed by atoms with Crippen LogP contribution in [0.1, 0.15) is 10.4 Å². The van der Waals surface area contributed by atoms with Crippen molar-refractivity contribution in [1.82, 2.24) is 9.36 Å². The lowest BCUT2D eigenvalue weighted by Crippen LogP contribution is -2.14. The lowest BCUT2D eigenvalue weighted by Gasteiger charge is -1.98. The number of nitrogens with one attached hydrogen (secondary N) is 1. The molecule has 1 aromatic carbocycles. The first-order chi connectivity index (χ1) is 9.18. The zero-order valence-electron chi connectivity index (χ0n) is 9.58. The highest BCUT2D eigenvalue weighted by Crippen LogP contribution is 2.27. The SMILES string of the molecule is O=C(O)c1c[nH]c2snc(-c3ccccc3)c2c1=O. The molecule has 0 bridgehead atoms. The number of fused-ring (bicyclic) bond motifs is 1. The average Bonchev–Trinajstić information content (AvgIpc) is 2.84. The molecule has 5 nitrogen and oxygen atoms in total. The Morgan fingerprint density at radius 2 is 2.00 bits per heavy atom. The molecule has 0 aliphatic heterocycles. The van der Waals surface area contributed by atoms with E-state index in [1.54, 1.807) is 0 Å². The Kier molecular flexibility index (Phi) is 2.64. The van der Waals surface area contributed by atoms with E-state index in [0.717, 1.165) is 17.1 Å². The Labute approximate surface area is 111 Å². The van der Waals surface area contributed by atoms with Gasteiger partial charge in [0.15, 0.2) is 0 Å². The van der Waals surface area contributed by atoms with Crippen LogP contribution in [0.2, 0.25) is 0 Å². The number of hydrogen-bond donors (Lipinski definition) is 2. The van der Waals surface area contributed by atoms with Crippen LogP contribution in [0.25, 0.3) is 21.5 Å². The van der Waals surface area contributed by atoms with E-state index in [0.29, 0.717) is 15.9 Å². The van der Waals surface area contributed by atoms with Gasteiger partial charge in [-0.2, -0.15) is 4.37 Å². The van der Waals surface area contributed by atoms with Gasteiger partial charge in [0.25, 0.3) is 0 Å². The largest absolute Gasteiger partial charge is 0.477 e. The lowest BCUT2D eigenvalue weighted by molar-refractivity contribution is 0.0695. The first-order valence-electron chi connectivity index (χ1n) is 5.48. The van der Waals surface area contributed by atoms with Crippen molar-refractivity contribution in [1.29, 1.82) is 0 Å². The number of carboxylic acids is 1. The molecular weight excluding hydrogens is 264 g/mol. The highest BCUT2D eigenvalue weighted by molar-refractivity contribution is 7.13. The third-order valence-corrected chi connectivity index (χ3v) is 3.57. The minimum absolute atomic E-state index is 0.273. The molecule has 0 radical (unpaired) electrons. The second-order valence-electron chi connectivity index (χ2n) is 3.94. The van der Waals surface area contributed by atoms with Crippen molar-refractivity contribution in [2.45, 2.75) is 0 Å². The van der Waals surface area contributed by atoms with Crippen LogP contribution >= 0.6 is 11.5 Å². The molecule has 6 heteroatoms. The first-order valence-corrected chi connectivity index (χ1v) is 6.25. The van der Waals surface area contributed by atoms with E-state index in [2.05, 4.69) is 9.36 Å². The van der Waals surface area contributed by atoms with Crippen LogP contribution in [0.3, 0.4) is 0 Å². The summed E-state index contributed by atoms with van der Waals surface area (Å²) in [6, 6.07) is 9.22. The molecule has 0 atom stereocenters. The topological polar surface area (TPSA) is 83.0 Å². The number of rotatable bonds is 2. The van der Waals surface area contributed by atoms with Crippen molar-refractivity contribution in [2.24, 2.45) is 0 Å². The fourth-order valence-electron chi connectivity index (χ4n) is 1.89. The van der Waals surface area contributed by atoms with E-state index < -0.39 is 11.4 Å². The molecular formula is C13H8N2O3S. The third kappa shape index (κ3) is 1.82. The van der Waals surface area contributed by atoms with Crippen molar-refractivity contribution < 1.29 is 9.90 Å². The van der Waals surface area contributed by atoms with E-state index in [4.69, 9.17) is 5.11 Å². The van der Waals surface area contributed by atoms with Gasteiger partial charge in [0.2, 0.25) is 5.43 Å². The maximum atomic E-state index is 12.2. The number of benzene rings is 1. The summed E-state index contributed by atoms with van der Waals surface area (Å²) in [6.07, 6.45) is 1.21. The van der Waals surface area contributed by atoms with Crippen molar-refractivity contribution in [3.05, 3.63) is 52.3 Å². The molecule has 0 amide bonds. The molecule has 0 saturated heterocycles. The van der Waals surface area contributed by atoms with E-state index in [-0.39, 0.29) is 5.56 Å². The summed E-state index contributed by atoms with van der Waals surface area (Å²) >= 11 is 1.14. The number of carbonyl (C=O) groups is 1. The van der Waals surface area contributed by atoms with Crippen LogP contribution in [0.15, 0.2) is 41.3 Å². The third-order valence-electron chi connectivity index (χ3n) is 2.79. The van der Waals surface area contributed by atoms with Gasteiger partial charge in [-0.15, -0.1) is 0 Å². The minimum atomic E-state index is -1.24. The van der Waals surface area contributed by atoms with Gasteiger partial charge in [-0.25, -0.2) is 4.79 Å². The van der Waals surface area contributed by atoms with Crippen LogP contribution in [-0.4, -0.2) is 20.4 Å². The van der Waals surface area contributed by atoms with E-state index in [1.165, 1.54) is 6.20 Å². The fraction of sp³-hybridized carbons (Fsp3) is 0. The molecule has 0 unspecified atom stereocenters. The number of aromatic carboxylic acids is 1. The maximum Gasteiger partial charge on any atom is 0.341 e. The minimum Gasteiger partial charge on any atom is -0.477 e. The van der Waals surface area contributed by atoms with E-state index in [9.17, 15) is 9.59 Å². The molecule has 0 aliphatic rings. The van der Waals surface area contributed by atoms with Gasteiger partial charge in [-0.1, -0.05) is 30.3 Å². The number of hydrogen-bond acceptors (Lipinski definition) is 4. The molecule has 3 aromatic rings. The first kappa shape index (κ1) is 11.6. The molecule has 0 fully saturated rings. The van der Waals surface area contributed by atoms with Gasteiger partial charge in [-0.3, -0.25) is 4.79 Å². The Morgan fingerprint density at radius 1 is 1.26 bits per heavy atom. The molecule has 2 aromatic heterocycles. The molecule has 0 aliphatic carbocycles. The Bertz CT molecular complexity index is 821. The quantitative estimate of drug-likeness (QED) is 0.750. The predicted octanol–water partition coefficient (Wildman–Crippen LogP) is 2.35. The zero-order chi connectivity index (χ0) is 13.4. The summed E-state index contributed by atoms with van der Waals surface area (Å²) in [6.45, 7) is 0. The van der Waals surface area contributed by atoms with Gasteiger partial charge >= 0.3 is 5.97 Å². The van der Waals surface area contributed by atoms with Gasteiger partial charge in [-0.05, 0) is 11.5 Å². The van der Waals surface area contributed by atoms with Crippen molar-refractivity contribution in [3.63, 3.8) is 0 Å². The van der Waals surface area contributed by atoms with Crippen molar-refractivity contribution >= 4 is 27.7 Å². The second kappa shape index (κ2) is 4.33. The zero-order valence-corrected chi connectivity index (χ0v) is 10.4. The number of carboxylic acid groups (broad SMARTS) is 1. The van der Waals surface area contributed by atoms with Gasteiger partial charge in [0.05, 0.1) is 11.1 Å². The Balaban J connectivity index is 2.37. The summed E-state index contributed by atoms with van der Waals surface area (Å²) in [5.74, 6) is -1.24. The van der Waals surface area contributed by atoms with Crippen LogP contribution in [0, 0.1) is 0 Å². The molecule has 0 saturated carbocycles. The highest BCUT2D eigenvalue weighted by Gasteiger charge is 2.17. The average molecular weight is 272 g/mol. The lowest BCUT2D eigenvalue weighted by atomic mass is 10.1. The second-order valence-corrected chi connectivity index (χ2v) is 4.71. The van der Waals surface area contributed by atoms with Gasteiger partial charge in [0, 0.05) is 11.8 Å². The van der Waals surface area contributed by atoms with Crippen LogP contribution < -0.4 is 5.43 Å². The normalized spacial score (nSPS) is 10.7. The molecule has 19 heavy (non-hydrogen) atoms. The van der Waals surface area contributed by atoms with Crippen molar-refractivity contribution in [2.75, 3.05) is 0 Å². The number of pyridine rings is 1. The number of H-pyrrole nitrogens is 1. The van der Waals surface area contributed by atoms with Crippen molar-refractivity contribution in [3.8, 4) is 11.3 Å². The summed E-state index contributed by atoms with van der Waals surface area (Å²) in [5, 5.41) is 9.32. The summed E-state index contributed by atoms with van der Waals surface area (Å²) in [5.41, 5.74) is 0.533. The molecule has 2 N–H and O–H groups in total. The number of nitrogens with zero attached hydrogens (tertiary/aromatic N) is 1. The van der Waals surface area contributed by atoms with E-state index in [1.807, 2.05) is 30.3 Å². The summed E-state index contributed by atoms with van der Waals surface area (Å²) < 4.78 is 4.24. The smallest absolute Gasteiger partial charge is 0.341 e. The predicted molar refractivity (Wildman–Crippen MR) is 72.6 cm³/mol. The van der Waals surface area contributed by atoms with Crippen LogP contribution in [-0.2, 0) is 0 Å². The number of aromatic amines is 1. The standard InChI is InChI=1S/C13H8N2O3S/c16-11-8(13(17)18)6-14-12-9(11)10(15-19-12)7-4-2-1-3-5-7/h1-6H,(H,14,16)(H,17,18). The molecule has 0 spiro atoms. The Morgan fingerprint density at radius 3 is 2.68 bits per heavy atom. The molecule has 3 rings (SSSR count). The van der Waals surface area contributed by atoms with Gasteiger partial charge in [0.1, 0.15) is 10.4 Å². The van der Waals surface area contributed by atoms with E-state index >= 15 is 0 Å². The van der Waals surface area contributed by atoms with Crippen LogP contribution in [0.4, 0.5) is 0 Å². The summed E-state index contributed by atoms with van der Waals surface area (Å²) in [4.78, 5) is 26.6. The van der Waals surface area contributed by atoms with Gasteiger partial charge < -0.3 is 10.1 Å². The highest BCUT2D eigenvalue weighted by atomic mass is 32.1. The monoisotopic (exact) mass is 272 g/mol. The molecule has 2 heterocycles. The fourth-order valence-corrected chi connectivity index (χ4v) is 2.66. The maximum absolute atomic E-state index is 12.2. The van der Waals surface area contributed by atoms with Crippen LogP contribution in [0.5, 0.6) is 0 Å². The molecule has 94 valence electrons.